The van der Waals surface area contributed by atoms with Crippen molar-refractivity contribution in [2.24, 2.45) is 7.05 Å². The molecule has 0 bridgehead atoms. The van der Waals surface area contributed by atoms with Gasteiger partial charge in [0, 0.05) is 13.6 Å². The van der Waals surface area contributed by atoms with Crippen molar-refractivity contribution >= 4 is 10.0 Å². The molecule has 0 radical (unpaired) electrons. The summed E-state index contributed by atoms with van der Waals surface area (Å²) in [6.07, 6.45) is 3.77. The minimum Gasteiger partial charge on any atom is -0.497 e. The molecule has 2 aromatic rings. The van der Waals surface area contributed by atoms with E-state index in [1.165, 1.54) is 0 Å². The minimum atomic E-state index is -3.62. The van der Waals surface area contributed by atoms with Gasteiger partial charge >= 0.3 is 0 Å². The molecule has 1 saturated heterocycles. The molecule has 1 aliphatic heterocycles. The molecule has 2 heterocycles. The zero-order valence-corrected chi connectivity index (χ0v) is 16.7. The molecule has 3 rings (SSSR count). The first-order chi connectivity index (χ1) is 12.4. The summed E-state index contributed by atoms with van der Waals surface area (Å²) in [5, 5.41) is 4.31. The van der Waals surface area contributed by atoms with E-state index in [9.17, 15) is 8.42 Å². The molecular weight excluding hydrogens is 350 g/mol. The van der Waals surface area contributed by atoms with Crippen LogP contribution in [0.15, 0.2) is 29.2 Å². The van der Waals surface area contributed by atoms with E-state index in [0.717, 1.165) is 37.0 Å². The van der Waals surface area contributed by atoms with Gasteiger partial charge in [0.1, 0.15) is 10.6 Å². The van der Waals surface area contributed by atoms with Crippen LogP contribution in [0.5, 0.6) is 5.75 Å². The number of hydrogen-bond acceptors (Lipinski definition) is 4. The molecule has 1 atom stereocenters. The Morgan fingerprint density at radius 2 is 1.81 bits per heavy atom. The standard InChI is InChI=1S/C19H27N3O3S/c1-14-19(15(2)21(3)20-14)26(23,24)22-13-7-5-6-8-18(22)16-9-11-17(25-4)12-10-16/h9-12,18H,5-8,13H2,1-4H3/t18-/m1/s1. The Bertz CT molecular complexity index is 872. The molecule has 1 aliphatic rings. The van der Waals surface area contributed by atoms with Gasteiger partial charge in [-0.3, -0.25) is 4.68 Å². The highest BCUT2D eigenvalue weighted by molar-refractivity contribution is 7.89. The van der Waals surface area contributed by atoms with Crippen molar-refractivity contribution in [3.63, 3.8) is 0 Å². The first-order valence-electron chi connectivity index (χ1n) is 9.02. The number of sulfonamides is 1. The highest BCUT2D eigenvalue weighted by Gasteiger charge is 2.36. The number of aromatic nitrogens is 2. The lowest BCUT2D eigenvalue weighted by atomic mass is 10.0. The minimum absolute atomic E-state index is 0.160. The van der Waals surface area contributed by atoms with Crippen molar-refractivity contribution in [3.05, 3.63) is 41.2 Å². The third kappa shape index (κ3) is 3.38. The van der Waals surface area contributed by atoms with Crippen LogP contribution in [0.1, 0.15) is 48.7 Å². The van der Waals surface area contributed by atoms with E-state index in [1.807, 2.05) is 31.2 Å². The topological polar surface area (TPSA) is 64.4 Å². The van der Waals surface area contributed by atoms with Crippen LogP contribution in [0.4, 0.5) is 0 Å². The van der Waals surface area contributed by atoms with Crippen LogP contribution in [0.25, 0.3) is 0 Å². The largest absolute Gasteiger partial charge is 0.497 e. The van der Waals surface area contributed by atoms with Crippen molar-refractivity contribution in [2.45, 2.75) is 50.5 Å². The fourth-order valence-electron chi connectivity index (χ4n) is 3.77. The van der Waals surface area contributed by atoms with Gasteiger partial charge < -0.3 is 4.74 Å². The molecule has 1 aromatic heterocycles. The van der Waals surface area contributed by atoms with Gasteiger partial charge in [-0.2, -0.15) is 9.40 Å². The Kier molecular flexibility index (Phi) is 5.39. The highest BCUT2D eigenvalue weighted by atomic mass is 32.2. The van der Waals surface area contributed by atoms with E-state index >= 15 is 0 Å². The molecule has 7 heteroatoms. The SMILES string of the molecule is COc1ccc([C@H]2CCCCCN2S(=O)(=O)c2c(C)nn(C)c2C)cc1. The molecule has 26 heavy (non-hydrogen) atoms. The number of aryl methyl sites for hydroxylation is 2. The van der Waals surface area contributed by atoms with Crippen LogP contribution in [-0.2, 0) is 17.1 Å². The predicted octanol–water partition coefficient (Wildman–Crippen LogP) is 3.35. The number of methoxy groups -OCH3 is 1. The quantitative estimate of drug-likeness (QED) is 0.820. The number of hydrogen-bond donors (Lipinski definition) is 0. The normalized spacial score (nSPS) is 19.3. The number of ether oxygens (including phenoxy) is 1. The average Bonchev–Trinajstić information content (AvgIpc) is 2.81. The first kappa shape index (κ1) is 18.9. The maximum Gasteiger partial charge on any atom is 0.247 e. The van der Waals surface area contributed by atoms with Gasteiger partial charge in [0.05, 0.1) is 24.5 Å². The summed E-state index contributed by atoms with van der Waals surface area (Å²) in [5.41, 5.74) is 2.25. The van der Waals surface area contributed by atoms with Crippen molar-refractivity contribution in [1.29, 1.82) is 0 Å². The molecule has 1 fully saturated rings. The monoisotopic (exact) mass is 377 g/mol. The number of rotatable bonds is 4. The molecule has 0 saturated carbocycles. The van der Waals surface area contributed by atoms with Crippen molar-refractivity contribution in [1.82, 2.24) is 14.1 Å². The number of nitrogens with zero attached hydrogens (tertiary/aromatic N) is 3. The number of benzene rings is 1. The van der Waals surface area contributed by atoms with E-state index in [0.29, 0.717) is 22.8 Å². The molecule has 0 unspecified atom stereocenters. The molecule has 0 spiro atoms. The third-order valence-corrected chi connectivity index (χ3v) is 7.37. The third-order valence-electron chi connectivity index (χ3n) is 5.21. The second kappa shape index (κ2) is 7.40. The predicted molar refractivity (Wildman–Crippen MR) is 101 cm³/mol. The maximum atomic E-state index is 13.5. The van der Waals surface area contributed by atoms with Crippen molar-refractivity contribution < 1.29 is 13.2 Å². The lowest BCUT2D eigenvalue weighted by molar-refractivity contribution is 0.328. The summed E-state index contributed by atoms with van der Waals surface area (Å²) >= 11 is 0. The summed E-state index contributed by atoms with van der Waals surface area (Å²) in [6.45, 7) is 4.11. The zero-order chi connectivity index (χ0) is 18.9. The fourth-order valence-corrected chi connectivity index (χ4v) is 5.86. The Hall–Kier alpha value is -1.86. The molecule has 142 valence electrons. The summed E-state index contributed by atoms with van der Waals surface area (Å²) in [6, 6.07) is 7.57. The van der Waals surface area contributed by atoms with Gasteiger partial charge in [0.15, 0.2) is 0 Å². The first-order valence-corrected chi connectivity index (χ1v) is 10.5. The second-order valence-electron chi connectivity index (χ2n) is 6.88. The van der Waals surface area contributed by atoms with Crippen molar-refractivity contribution in [2.75, 3.05) is 13.7 Å². The lowest BCUT2D eigenvalue weighted by Gasteiger charge is -2.29. The van der Waals surface area contributed by atoms with Crippen LogP contribution < -0.4 is 4.74 Å². The van der Waals surface area contributed by atoms with Crippen molar-refractivity contribution in [3.8, 4) is 5.75 Å². The smallest absolute Gasteiger partial charge is 0.247 e. The van der Waals surface area contributed by atoms with Gasteiger partial charge in [-0.25, -0.2) is 8.42 Å². The lowest BCUT2D eigenvalue weighted by Crippen LogP contribution is -2.35. The van der Waals surface area contributed by atoms with Crippen LogP contribution in [-0.4, -0.2) is 36.2 Å². The zero-order valence-electron chi connectivity index (χ0n) is 15.9. The van der Waals surface area contributed by atoms with E-state index in [4.69, 9.17) is 4.74 Å². The molecule has 0 amide bonds. The molecule has 1 aromatic carbocycles. The van der Waals surface area contributed by atoms with Crippen LogP contribution in [0.3, 0.4) is 0 Å². The van der Waals surface area contributed by atoms with Gasteiger partial charge in [-0.1, -0.05) is 25.0 Å². The summed E-state index contributed by atoms with van der Waals surface area (Å²) in [5.74, 6) is 0.774. The van der Waals surface area contributed by atoms with Gasteiger partial charge in [0.25, 0.3) is 0 Å². The van der Waals surface area contributed by atoms with E-state index in [1.54, 1.807) is 30.1 Å². The van der Waals surface area contributed by atoms with E-state index in [-0.39, 0.29) is 6.04 Å². The van der Waals surface area contributed by atoms with Gasteiger partial charge in [-0.05, 0) is 44.4 Å². The average molecular weight is 378 g/mol. The summed E-state index contributed by atoms with van der Waals surface area (Å²) in [4.78, 5) is 0.348. The Labute approximate surface area is 155 Å². The highest BCUT2D eigenvalue weighted by Crippen LogP contribution is 2.36. The molecule has 0 aliphatic carbocycles. The maximum absolute atomic E-state index is 13.5. The van der Waals surface area contributed by atoms with Gasteiger partial charge in [0.2, 0.25) is 10.0 Å². The van der Waals surface area contributed by atoms with Gasteiger partial charge in [-0.15, -0.1) is 0 Å². The summed E-state index contributed by atoms with van der Waals surface area (Å²) < 4.78 is 35.7. The molecule has 0 N–H and O–H groups in total. The van der Waals surface area contributed by atoms with E-state index < -0.39 is 10.0 Å². The van der Waals surface area contributed by atoms with Crippen LogP contribution >= 0.6 is 0 Å². The molecular formula is C19H27N3O3S. The molecule has 6 nitrogen and oxygen atoms in total. The Balaban J connectivity index is 2.05. The van der Waals surface area contributed by atoms with Crippen LogP contribution in [0.2, 0.25) is 0 Å². The summed E-state index contributed by atoms with van der Waals surface area (Å²) in [7, 11) is -0.207. The van der Waals surface area contributed by atoms with Crippen LogP contribution in [0, 0.1) is 13.8 Å². The second-order valence-corrected chi connectivity index (χ2v) is 8.70. The van der Waals surface area contributed by atoms with E-state index in [2.05, 4.69) is 5.10 Å². The Morgan fingerprint density at radius 3 is 2.38 bits per heavy atom. The Morgan fingerprint density at radius 1 is 1.12 bits per heavy atom. The fraction of sp³-hybridized carbons (Fsp3) is 0.526.